The predicted octanol–water partition coefficient (Wildman–Crippen LogP) is 1.75. The minimum atomic E-state index is -4.57. The molecule has 0 aromatic carbocycles. The van der Waals surface area contributed by atoms with E-state index in [1.54, 1.807) is 17.9 Å². The van der Waals surface area contributed by atoms with Crippen molar-refractivity contribution in [1.29, 1.82) is 0 Å². The first kappa shape index (κ1) is 16.1. The van der Waals surface area contributed by atoms with Crippen molar-refractivity contribution in [2.24, 2.45) is 14.1 Å². The van der Waals surface area contributed by atoms with Crippen LogP contribution in [0.25, 0.3) is 0 Å². The van der Waals surface area contributed by atoms with Crippen LogP contribution in [-0.2, 0) is 26.8 Å². The van der Waals surface area contributed by atoms with Crippen molar-refractivity contribution < 1.29 is 18.0 Å². The van der Waals surface area contributed by atoms with Crippen LogP contribution < -0.4 is 0 Å². The van der Waals surface area contributed by atoms with E-state index in [2.05, 4.69) is 10.2 Å². The van der Waals surface area contributed by atoms with Crippen LogP contribution in [0.1, 0.15) is 27.4 Å². The van der Waals surface area contributed by atoms with E-state index in [0.29, 0.717) is 0 Å². The van der Waals surface area contributed by atoms with Gasteiger partial charge < -0.3 is 4.90 Å². The molecule has 0 N–H and O–H groups in total. The first-order valence-corrected chi connectivity index (χ1v) is 6.45. The van der Waals surface area contributed by atoms with Crippen molar-refractivity contribution >= 4 is 5.91 Å². The van der Waals surface area contributed by atoms with E-state index in [1.807, 2.05) is 6.92 Å². The minimum absolute atomic E-state index is 0.114. The highest BCUT2D eigenvalue weighted by atomic mass is 19.4. The minimum Gasteiger partial charge on any atom is -0.336 e. The van der Waals surface area contributed by atoms with E-state index in [9.17, 15) is 18.0 Å². The van der Waals surface area contributed by atoms with Crippen LogP contribution in [0.2, 0.25) is 0 Å². The SMILES string of the molecule is Cc1c(CN(C)C(=O)c2cc(C(F)(F)F)nn2C)cnn1C. The fraction of sp³-hybridized carbons (Fsp3) is 0.462. The van der Waals surface area contributed by atoms with Crippen LogP contribution in [0.3, 0.4) is 0 Å². The maximum Gasteiger partial charge on any atom is 0.435 e. The Kier molecular flexibility index (Phi) is 3.99. The molecular formula is C13H16F3N5O. The number of halogens is 3. The van der Waals surface area contributed by atoms with Crippen molar-refractivity contribution in [1.82, 2.24) is 24.5 Å². The van der Waals surface area contributed by atoms with Crippen LogP contribution in [0.15, 0.2) is 12.3 Å². The predicted molar refractivity (Wildman–Crippen MR) is 72.0 cm³/mol. The Hall–Kier alpha value is -2.32. The molecule has 0 unspecified atom stereocenters. The Labute approximate surface area is 125 Å². The van der Waals surface area contributed by atoms with Gasteiger partial charge in [-0.3, -0.25) is 14.2 Å². The van der Waals surface area contributed by atoms with Crippen molar-refractivity contribution in [3.8, 4) is 0 Å². The Morgan fingerprint density at radius 1 is 1.32 bits per heavy atom. The van der Waals surface area contributed by atoms with E-state index < -0.39 is 17.8 Å². The molecule has 0 saturated heterocycles. The molecule has 0 aliphatic rings. The molecule has 0 atom stereocenters. The van der Waals surface area contributed by atoms with Crippen molar-refractivity contribution in [2.75, 3.05) is 7.05 Å². The summed E-state index contributed by atoms with van der Waals surface area (Å²) in [6, 6.07) is 0.759. The summed E-state index contributed by atoms with van der Waals surface area (Å²) in [5.41, 5.74) is 0.526. The molecule has 0 bridgehead atoms. The number of carbonyl (C=O) groups excluding carboxylic acids is 1. The van der Waals surface area contributed by atoms with Gasteiger partial charge in [-0.25, -0.2) is 0 Å². The van der Waals surface area contributed by atoms with Gasteiger partial charge in [0.05, 0.1) is 6.20 Å². The van der Waals surface area contributed by atoms with Crippen LogP contribution in [-0.4, -0.2) is 37.4 Å². The van der Waals surface area contributed by atoms with Crippen LogP contribution in [0.5, 0.6) is 0 Å². The van der Waals surface area contributed by atoms with Gasteiger partial charge in [-0.1, -0.05) is 0 Å². The van der Waals surface area contributed by atoms with Gasteiger partial charge in [0.1, 0.15) is 5.69 Å². The Morgan fingerprint density at radius 3 is 2.41 bits per heavy atom. The van der Waals surface area contributed by atoms with Crippen LogP contribution in [0.4, 0.5) is 13.2 Å². The average molecular weight is 315 g/mol. The lowest BCUT2D eigenvalue weighted by Gasteiger charge is -2.16. The van der Waals surface area contributed by atoms with Crippen LogP contribution >= 0.6 is 0 Å². The molecule has 6 nitrogen and oxygen atoms in total. The normalized spacial score (nSPS) is 11.8. The average Bonchev–Trinajstić information content (AvgIpc) is 2.95. The number of hydrogen-bond acceptors (Lipinski definition) is 3. The third-order valence-corrected chi connectivity index (χ3v) is 3.48. The summed E-state index contributed by atoms with van der Waals surface area (Å²) < 4.78 is 40.5. The van der Waals surface area contributed by atoms with E-state index in [-0.39, 0.29) is 12.2 Å². The molecule has 0 saturated carbocycles. The maximum absolute atomic E-state index is 12.6. The van der Waals surface area contributed by atoms with Crippen molar-refractivity contribution in [3.05, 3.63) is 34.9 Å². The highest BCUT2D eigenvalue weighted by Gasteiger charge is 2.35. The number of aryl methyl sites for hydroxylation is 2. The Bertz CT molecular complexity index is 701. The molecule has 0 aliphatic heterocycles. The zero-order chi connectivity index (χ0) is 16.7. The molecule has 9 heteroatoms. The van der Waals surface area contributed by atoms with Gasteiger partial charge in [-0.2, -0.15) is 23.4 Å². The monoisotopic (exact) mass is 315 g/mol. The molecule has 1 amide bonds. The summed E-state index contributed by atoms with van der Waals surface area (Å²) in [5, 5.41) is 7.41. The van der Waals surface area contributed by atoms with Crippen molar-refractivity contribution in [2.45, 2.75) is 19.6 Å². The number of amides is 1. The van der Waals surface area contributed by atoms with Gasteiger partial charge in [0.15, 0.2) is 5.69 Å². The first-order chi connectivity index (χ1) is 10.1. The first-order valence-electron chi connectivity index (χ1n) is 6.45. The van der Waals surface area contributed by atoms with Gasteiger partial charge in [0, 0.05) is 45.0 Å². The van der Waals surface area contributed by atoms with E-state index in [0.717, 1.165) is 22.0 Å². The quantitative estimate of drug-likeness (QED) is 0.867. The molecule has 0 fully saturated rings. The summed E-state index contributed by atoms with van der Waals surface area (Å²) >= 11 is 0. The lowest BCUT2D eigenvalue weighted by atomic mass is 10.2. The largest absolute Gasteiger partial charge is 0.435 e. The number of carbonyl (C=O) groups is 1. The molecule has 0 radical (unpaired) electrons. The zero-order valence-corrected chi connectivity index (χ0v) is 12.6. The summed E-state index contributed by atoms with van der Waals surface area (Å²) in [7, 11) is 4.61. The molecule has 22 heavy (non-hydrogen) atoms. The molecule has 0 spiro atoms. The molecule has 2 heterocycles. The molecule has 0 aliphatic carbocycles. The second kappa shape index (κ2) is 5.47. The summed E-state index contributed by atoms with van der Waals surface area (Å²) in [6.45, 7) is 2.11. The Morgan fingerprint density at radius 2 is 1.95 bits per heavy atom. The molecule has 2 aromatic heterocycles. The second-order valence-electron chi connectivity index (χ2n) is 5.08. The standard InChI is InChI=1S/C13H16F3N5O/c1-8-9(6-17-20(8)3)7-19(2)12(22)10-5-11(13(14,15)16)18-21(10)4/h5-6H,7H2,1-4H3. The van der Waals surface area contributed by atoms with Crippen molar-refractivity contribution in [3.63, 3.8) is 0 Å². The summed E-state index contributed by atoms with van der Waals surface area (Å²) in [6.07, 6.45) is -2.95. The molecule has 120 valence electrons. The number of nitrogens with zero attached hydrogens (tertiary/aromatic N) is 5. The van der Waals surface area contributed by atoms with E-state index in [4.69, 9.17) is 0 Å². The van der Waals surface area contributed by atoms with E-state index in [1.165, 1.54) is 19.0 Å². The second-order valence-corrected chi connectivity index (χ2v) is 5.08. The maximum atomic E-state index is 12.6. The Balaban J connectivity index is 2.21. The summed E-state index contributed by atoms with van der Waals surface area (Å²) in [4.78, 5) is 13.6. The van der Waals surface area contributed by atoms with E-state index >= 15 is 0 Å². The number of rotatable bonds is 3. The zero-order valence-electron chi connectivity index (χ0n) is 12.6. The third kappa shape index (κ3) is 2.97. The highest BCUT2D eigenvalue weighted by molar-refractivity contribution is 5.92. The molecule has 2 rings (SSSR count). The smallest absolute Gasteiger partial charge is 0.336 e. The fourth-order valence-electron chi connectivity index (χ4n) is 2.03. The summed E-state index contributed by atoms with van der Waals surface area (Å²) in [5.74, 6) is -0.534. The fourth-order valence-corrected chi connectivity index (χ4v) is 2.03. The third-order valence-electron chi connectivity index (χ3n) is 3.48. The highest BCUT2D eigenvalue weighted by Crippen LogP contribution is 2.28. The van der Waals surface area contributed by atoms with Gasteiger partial charge in [0.25, 0.3) is 5.91 Å². The molecule has 2 aromatic rings. The van der Waals surface area contributed by atoms with Gasteiger partial charge in [-0.15, -0.1) is 0 Å². The lowest BCUT2D eigenvalue weighted by Crippen LogP contribution is -2.28. The lowest BCUT2D eigenvalue weighted by molar-refractivity contribution is -0.141. The molecular weight excluding hydrogens is 299 g/mol. The number of aromatic nitrogens is 4. The van der Waals surface area contributed by atoms with Gasteiger partial charge in [0.2, 0.25) is 0 Å². The van der Waals surface area contributed by atoms with Gasteiger partial charge >= 0.3 is 6.18 Å². The van der Waals surface area contributed by atoms with Crippen LogP contribution in [0, 0.1) is 6.92 Å². The topological polar surface area (TPSA) is 56.0 Å². The number of alkyl halides is 3. The number of hydrogen-bond donors (Lipinski definition) is 0. The van der Waals surface area contributed by atoms with Gasteiger partial charge in [-0.05, 0) is 6.92 Å².